The van der Waals surface area contributed by atoms with Gasteiger partial charge in [0.05, 0.1) is 6.61 Å². The first-order chi connectivity index (χ1) is 8.44. The molecule has 0 amide bonds. The summed E-state index contributed by atoms with van der Waals surface area (Å²) in [6, 6.07) is 1.63. The second-order valence-electron chi connectivity index (χ2n) is 5.00. The molecule has 0 saturated heterocycles. The lowest BCUT2D eigenvalue weighted by atomic mass is 10.1. The first-order valence-corrected chi connectivity index (χ1v) is 8.44. The number of sulfonamides is 1. The van der Waals surface area contributed by atoms with Crippen LogP contribution in [0.15, 0.2) is 10.3 Å². The van der Waals surface area contributed by atoms with Crippen LogP contribution in [0.5, 0.6) is 0 Å². The fraction of sp³-hybridized carbons (Fsp3) is 0.667. The maximum Gasteiger partial charge on any atom is 0.250 e. The first-order valence-electron chi connectivity index (χ1n) is 6.14. The molecule has 0 spiro atoms. The molecule has 1 unspecified atom stereocenters. The lowest BCUT2D eigenvalue weighted by Crippen LogP contribution is -2.28. The lowest BCUT2D eigenvalue weighted by Gasteiger charge is -2.10. The van der Waals surface area contributed by atoms with Crippen LogP contribution in [0.2, 0.25) is 0 Å². The Morgan fingerprint density at radius 1 is 1.56 bits per heavy atom. The number of aliphatic hydroxyl groups is 1. The van der Waals surface area contributed by atoms with Gasteiger partial charge < -0.3 is 5.11 Å². The van der Waals surface area contributed by atoms with Crippen LogP contribution < -0.4 is 4.72 Å². The summed E-state index contributed by atoms with van der Waals surface area (Å²) >= 11 is 1.14. The Bertz CT molecular complexity index is 517. The average Bonchev–Trinajstić information content (AvgIpc) is 3.09. The third-order valence-corrected chi connectivity index (χ3v) is 6.55. The third-order valence-electron chi connectivity index (χ3n) is 3.43. The summed E-state index contributed by atoms with van der Waals surface area (Å²) in [7, 11) is -3.42. The summed E-state index contributed by atoms with van der Waals surface area (Å²) in [6.45, 7) is 4.29. The molecular weight excluding hydrogens is 270 g/mol. The van der Waals surface area contributed by atoms with Gasteiger partial charge in [-0.15, -0.1) is 11.3 Å². The Morgan fingerprint density at radius 2 is 2.22 bits per heavy atom. The summed E-state index contributed by atoms with van der Waals surface area (Å²) < 4.78 is 27.1. The number of thiophene rings is 1. The van der Waals surface area contributed by atoms with Gasteiger partial charge >= 0.3 is 0 Å². The number of hydrogen-bond acceptors (Lipinski definition) is 4. The van der Waals surface area contributed by atoms with Crippen LogP contribution in [0.1, 0.15) is 30.2 Å². The van der Waals surface area contributed by atoms with Gasteiger partial charge in [0.2, 0.25) is 10.0 Å². The van der Waals surface area contributed by atoms with Gasteiger partial charge in [-0.1, -0.05) is 6.92 Å². The van der Waals surface area contributed by atoms with Gasteiger partial charge in [0.25, 0.3) is 0 Å². The molecule has 1 saturated carbocycles. The minimum atomic E-state index is -3.42. The smallest absolute Gasteiger partial charge is 0.250 e. The van der Waals surface area contributed by atoms with Gasteiger partial charge in [-0.2, -0.15) is 0 Å². The van der Waals surface area contributed by atoms with Crippen LogP contribution in [0.3, 0.4) is 0 Å². The molecule has 0 radical (unpaired) electrons. The molecule has 1 aliphatic rings. The highest BCUT2D eigenvalue weighted by atomic mass is 32.2. The Morgan fingerprint density at radius 3 is 2.72 bits per heavy atom. The highest BCUT2D eigenvalue weighted by Gasteiger charge is 2.29. The second-order valence-corrected chi connectivity index (χ2v) is 8.13. The molecule has 102 valence electrons. The van der Waals surface area contributed by atoms with Crippen molar-refractivity contribution in [1.82, 2.24) is 4.72 Å². The number of hydrogen-bond donors (Lipinski definition) is 2. The minimum absolute atomic E-state index is 0.107. The van der Waals surface area contributed by atoms with Crippen molar-refractivity contribution in [2.45, 2.75) is 37.5 Å². The van der Waals surface area contributed by atoms with Gasteiger partial charge in [0.15, 0.2) is 0 Å². The van der Waals surface area contributed by atoms with E-state index < -0.39 is 10.0 Å². The molecule has 1 heterocycles. The van der Waals surface area contributed by atoms with E-state index in [-0.39, 0.29) is 6.61 Å². The largest absolute Gasteiger partial charge is 0.391 e. The van der Waals surface area contributed by atoms with Crippen LogP contribution in [0.25, 0.3) is 0 Å². The molecule has 1 aliphatic carbocycles. The summed E-state index contributed by atoms with van der Waals surface area (Å²) in [5.74, 6) is 1.09. The average molecular weight is 289 g/mol. The van der Waals surface area contributed by atoms with Crippen LogP contribution in [0, 0.1) is 18.8 Å². The zero-order valence-electron chi connectivity index (χ0n) is 10.6. The van der Waals surface area contributed by atoms with Crippen molar-refractivity contribution in [3.63, 3.8) is 0 Å². The summed E-state index contributed by atoms with van der Waals surface area (Å²) in [5.41, 5.74) is 0.832. The molecule has 0 aliphatic heterocycles. The molecule has 1 aromatic heterocycles. The number of aliphatic hydroxyl groups excluding tert-OH is 1. The Hall–Kier alpha value is -0.430. The second kappa shape index (κ2) is 5.28. The maximum atomic E-state index is 12.1. The van der Waals surface area contributed by atoms with Crippen molar-refractivity contribution < 1.29 is 13.5 Å². The molecule has 1 fully saturated rings. The Labute approximate surface area is 112 Å². The number of rotatable bonds is 6. The van der Waals surface area contributed by atoms with Crippen molar-refractivity contribution in [2.75, 3.05) is 6.54 Å². The molecule has 4 nitrogen and oxygen atoms in total. The van der Waals surface area contributed by atoms with E-state index in [1.165, 1.54) is 12.8 Å². The molecule has 1 aromatic rings. The van der Waals surface area contributed by atoms with E-state index in [1.807, 2.05) is 6.92 Å². The SMILES string of the molecule is Cc1cc(S(=O)(=O)NCC(C)C2CC2)sc1CO. The minimum Gasteiger partial charge on any atom is -0.391 e. The fourth-order valence-electron chi connectivity index (χ4n) is 1.92. The molecular formula is C12H19NO3S2. The quantitative estimate of drug-likeness (QED) is 0.840. The van der Waals surface area contributed by atoms with Gasteiger partial charge in [-0.3, -0.25) is 0 Å². The maximum absolute atomic E-state index is 12.1. The topological polar surface area (TPSA) is 66.4 Å². The summed E-state index contributed by atoms with van der Waals surface area (Å²) in [4.78, 5) is 0.714. The monoisotopic (exact) mass is 289 g/mol. The van der Waals surface area contributed by atoms with Crippen LogP contribution in [-0.2, 0) is 16.6 Å². The van der Waals surface area contributed by atoms with Gasteiger partial charge in [-0.05, 0) is 43.2 Å². The van der Waals surface area contributed by atoms with Crippen molar-refractivity contribution in [2.24, 2.45) is 11.8 Å². The Balaban J connectivity index is 2.04. The number of nitrogens with one attached hydrogen (secondary N) is 1. The van der Waals surface area contributed by atoms with Crippen molar-refractivity contribution >= 4 is 21.4 Å². The number of aryl methyl sites for hydroxylation is 1. The Kier molecular flexibility index (Phi) is 4.11. The summed E-state index contributed by atoms with van der Waals surface area (Å²) in [5, 5.41) is 9.09. The van der Waals surface area contributed by atoms with E-state index in [1.54, 1.807) is 6.07 Å². The third kappa shape index (κ3) is 3.12. The van der Waals surface area contributed by atoms with Crippen molar-refractivity contribution in [1.29, 1.82) is 0 Å². The van der Waals surface area contributed by atoms with E-state index >= 15 is 0 Å². The summed E-state index contributed by atoms with van der Waals surface area (Å²) in [6.07, 6.45) is 2.44. The lowest BCUT2D eigenvalue weighted by molar-refractivity contribution is 0.285. The van der Waals surface area contributed by atoms with Crippen LogP contribution in [-0.4, -0.2) is 20.1 Å². The predicted molar refractivity (Wildman–Crippen MR) is 72.1 cm³/mol. The van der Waals surface area contributed by atoms with Crippen molar-refractivity contribution in [3.05, 3.63) is 16.5 Å². The normalized spacial score (nSPS) is 17.9. The molecule has 0 bridgehead atoms. The van der Waals surface area contributed by atoms with Crippen LogP contribution in [0.4, 0.5) is 0 Å². The van der Waals surface area contributed by atoms with E-state index in [9.17, 15) is 8.42 Å². The molecule has 18 heavy (non-hydrogen) atoms. The van der Waals surface area contributed by atoms with E-state index in [0.717, 1.165) is 16.9 Å². The molecule has 2 N–H and O–H groups in total. The zero-order chi connectivity index (χ0) is 13.3. The highest BCUT2D eigenvalue weighted by molar-refractivity contribution is 7.91. The first kappa shape index (κ1) is 14.0. The van der Waals surface area contributed by atoms with Gasteiger partial charge in [0, 0.05) is 11.4 Å². The molecule has 6 heteroatoms. The molecule has 0 aromatic carbocycles. The predicted octanol–water partition coefficient (Wildman–Crippen LogP) is 1.87. The van der Waals surface area contributed by atoms with E-state index in [4.69, 9.17) is 5.11 Å². The van der Waals surface area contributed by atoms with Crippen LogP contribution >= 0.6 is 11.3 Å². The zero-order valence-corrected chi connectivity index (χ0v) is 12.3. The molecule has 1 atom stereocenters. The van der Waals surface area contributed by atoms with Crippen molar-refractivity contribution in [3.8, 4) is 0 Å². The van der Waals surface area contributed by atoms with Gasteiger partial charge in [-0.25, -0.2) is 13.1 Å². The van der Waals surface area contributed by atoms with E-state index in [0.29, 0.717) is 27.5 Å². The van der Waals surface area contributed by atoms with Gasteiger partial charge in [0.1, 0.15) is 4.21 Å². The highest BCUT2D eigenvalue weighted by Crippen LogP contribution is 2.36. The molecule has 2 rings (SSSR count). The fourth-order valence-corrected chi connectivity index (χ4v) is 4.56. The standard InChI is InChI=1S/C12H19NO3S2/c1-8-5-12(17-11(8)7-14)18(15,16)13-6-9(2)10-3-4-10/h5,9-10,13-14H,3-4,6-7H2,1-2H3. The van der Waals surface area contributed by atoms with E-state index in [2.05, 4.69) is 11.6 Å².